The molecule has 1 aromatic heterocycles. The lowest BCUT2D eigenvalue weighted by molar-refractivity contribution is -0.136. The number of carbonyl (C=O) groups excluding carboxylic acids is 2. The molecular weight excluding hydrogens is 450 g/mol. The fourth-order valence-electron chi connectivity index (χ4n) is 4.06. The van der Waals surface area contributed by atoms with Crippen molar-refractivity contribution in [2.24, 2.45) is 0 Å². The van der Waals surface area contributed by atoms with Crippen LogP contribution in [0.5, 0.6) is 11.5 Å². The molecule has 0 radical (unpaired) electrons. The summed E-state index contributed by atoms with van der Waals surface area (Å²) >= 11 is 1.71. The minimum Gasteiger partial charge on any atom is -0.493 e. The first-order valence-electron chi connectivity index (χ1n) is 11.8. The van der Waals surface area contributed by atoms with Gasteiger partial charge in [0.1, 0.15) is 13.2 Å². The summed E-state index contributed by atoms with van der Waals surface area (Å²) in [6, 6.07) is 9.09. The van der Waals surface area contributed by atoms with Crippen molar-refractivity contribution in [2.45, 2.75) is 65.1 Å². The Labute approximate surface area is 207 Å². The zero-order valence-corrected chi connectivity index (χ0v) is 21.9. The third kappa shape index (κ3) is 6.23. The standard InChI is InChI=1S/C26H37N3O4S/c1-7-18(2)29(25(31)27-26(3,4)5)16-24(30)28-14-12-23-19(13-15-34-23)20(28)17-33-22-11-9-8-10-21(22)32-6/h8-11,13,15,18,20H,7,12,14,16-17H2,1-6H3,(H,27,31)/t18-,20-/m0/s1. The molecule has 3 amide bonds. The first-order chi connectivity index (χ1) is 16.1. The zero-order valence-electron chi connectivity index (χ0n) is 21.1. The number of para-hydroxylation sites is 2. The van der Waals surface area contributed by atoms with Crippen LogP contribution in [0.2, 0.25) is 0 Å². The SMILES string of the molecule is CC[C@H](C)N(CC(=O)N1CCc2sccc2[C@@H]1COc1ccccc1OC)C(=O)NC(C)(C)C. The van der Waals surface area contributed by atoms with E-state index in [9.17, 15) is 9.59 Å². The second kappa shape index (κ2) is 11.1. The maximum absolute atomic E-state index is 13.6. The lowest BCUT2D eigenvalue weighted by Gasteiger charge is -2.38. The predicted octanol–water partition coefficient (Wildman–Crippen LogP) is 4.87. The normalized spacial score (nSPS) is 16.4. The minimum atomic E-state index is -0.381. The number of fused-ring (bicyclic) bond motifs is 1. The van der Waals surface area contributed by atoms with Crippen LogP contribution in [0.4, 0.5) is 4.79 Å². The second-order valence-corrected chi connectivity index (χ2v) is 10.7. The monoisotopic (exact) mass is 487 g/mol. The lowest BCUT2D eigenvalue weighted by atomic mass is 10.00. The van der Waals surface area contributed by atoms with E-state index in [4.69, 9.17) is 9.47 Å². The van der Waals surface area contributed by atoms with Crippen molar-refractivity contribution >= 4 is 23.3 Å². The van der Waals surface area contributed by atoms with E-state index in [1.807, 2.05) is 63.8 Å². The van der Waals surface area contributed by atoms with Crippen LogP contribution < -0.4 is 14.8 Å². The number of ether oxygens (including phenoxy) is 2. The second-order valence-electron chi connectivity index (χ2n) is 9.68. The van der Waals surface area contributed by atoms with Gasteiger partial charge in [-0.2, -0.15) is 0 Å². The Kier molecular flexibility index (Phi) is 8.47. The van der Waals surface area contributed by atoms with Gasteiger partial charge in [0.2, 0.25) is 5.91 Å². The molecule has 1 aliphatic heterocycles. The Hall–Kier alpha value is -2.74. The van der Waals surface area contributed by atoms with Crippen LogP contribution in [0.15, 0.2) is 35.7 Å². The van der Waals surface area contributed by atoms with E-state index in [1.54, 1.807) is 23.3 Å². The van der Waals surface area contributed by atoms with Gasteiger partial charge in [0.05, 0.1) is 13.2 Å². The molecule has 8 heteroatoms. The molecule has 2 aromatic rings. The van der Waals surface area contributed by atoms with Crippen molar-refractivity contribution in [3.05, 3.63) is 46.2 Å². The van der Waals surface area contributed by atoms with Crippen molar-refractivity contribution < 1.29 is 19.1 Å². The molecule has 0 bridgehead atoms. The molecule has 2 heterocycles. The number of nitrogens with one attached hydrogen (secondary N) is 1. The van der Waals surface area contributed by atoms with Crippen LogP contribution >= 0.6 is 11.3 Å². The average molecular weight is 488 g/mol. The van der Waals surface area contributed by atoms with E-state index in [2.05, 4.69) is 16.8 Å². The van der Waals surface area contributed by atoms with Crippen molar-refractivity contribution in [2.75, 3.05) is 26.8 Å². The smallest absolute Gasteiger partial charge is 0.318 e. The van der Waals surface area contributed by atoms with E-state index < -0.39 is 0 Å². The van der Waals surface area contributed by atoms with Crippen LogP contribution in [-0.4, -0.2) is 60.1 Å². The van der Waals surface area contributed by atoms with Crippen LogP contribution in [0.1, 0.15) is 57.5 Å². The van der Waals surface area contributed by atoms with E-state index >= 15 is 0 Å². The van der Waals surface area contributed by atoms with E-state index in [-0.39, 0.29) is 36.1 Å². The molecule has 1 aromatic carbocycles. The van der Waals surface area contributed by atoms with Crippen LogP contribution in [0.3, 0.4) is 0 Å². The highest BCUT2D eigenvalue weighted by atomic mass is 32.1. The molecule has 34 heavy (non-hydrogen) atoms. The molecule has 0 fully saturated rings. The van der Waals surface area contributed by atoms with E-state index in [0.717, 1.165) is 18.4 Å². The number of benzene rings is 1. The molecule has 0 saturated heterocycles. The molecule has 3 rings (SSSR count). The number of hydrogen-bond acceptors (Lipinski definition) is 5. The number of nitrogens with zero attached hydrogens (tertiary/aromatic N) is 2. The summed E-state index contributed by atoms with van der Waals surface area (Å²) in [5.74, 6) is 1.23. The highest BCUT2D eigenvalue weighted by Gasteiger charge is 2.35. The maximum Gasteiger partial charge on any atom is 0.318 e. The number of hydrogen-bond donors (Lipinski definition) is 1. The fourth-order valence-corrected chi connectivity index (χ4v) is 4.99. The quantitative estimate of drug-likeness (QED) is 0.577. The average Bonchev–Trinajstić information content (AvgIpc) is 3.28. The molecular formula is C26H37N3O4S. The highest BCUT2D eigenvalue weighted by Crippen LogP contribution is 2.35. The number of methoxy groups -OCH3 is 1. The van der Waals surface area contributed by atoms with E-state index in [1.165, 1.54) is 4.88 Å². The molecule has 0 unspecified atom stereocenters. The van der Waals surface area contributed by atoms with Gasteiger partial charge in [-0.3, -0.25) is 4.79 Å². The van der Waals surface area contributed by atoms with Gasteiger partial charge in [-0.25, -0.2) is 4.79 Å². The first-order valence-corrected chi connectivity index (χ1v) is 12.7. The summed E-state index contributed by atoms with van der Waals surface area (Å²) in [5.41, 5.74) is 0.738. The van der Waals surface area contributed by atoms with Crippen LogP contribution in [-0.2, 0) is 11.2 Å². The molecule has 1 N–H and O–H groups in total. The van der Waals surface area contributed by atoms with Crippen LogP contribution in [0, 0.1) is 0 Å². The fraction of sp³-hybridized carbons (Fsp3) is 0.538. The van der Waals surface area contributed by atoms with Gasteiger partial charge in [0, 0.05) is 23.0 Å². The van der Waals surface area contributed by atoms with Crippen molar-refractivity contribution in [3.8, 4) is 11.5 Å². The molecule has 0 aliphatic carbocycles. The summed E-state index contributed by atoms with van der Waals surface area (Å²) in [6.07, 6.45) is 1.57. The number of rotatable bonds is 8. The van der Waals surface area contributed by atoms with Gasteiger partial charge in [0.25, 0.3) is 0 Å². The Morgan fingerprint density at radius 1 is 1.24 bits per heavy atom. The Morgan fingerprint density at radius 3 is 2.59 bits per heavy atom. The summed E-state index contributed by atoms with van der Waals surface area (Å²) in [6.45, 7) is 10.8. The number of thiophene rings is 1. The number of amides is 3. The Balaban J connectivity index is 1.80. The molecule has 0 saturated carbocycles. The maximum atomic E-state index is 13.6. The summed E-state index contributed by atoms with van der Waals surface area (Å²) < 4.78 is 11.6. The molecule has 186 valence electrons. The van der Waals surface area contributed by atoms with Gasteiger partial charge in [-0.05, 0) is 69.7 Å². The first kappa shape index (κ1) is 25.9. The van der Waals surface area contributed by atoms with Gasteiger partial charge in [-0.1, -0.05) is 19.1 Å². The molecule has 0 spiro atoms. The van der Waals surface area contributed by atoms with Gasteiger partial charge < -0.3 is 24.6 Å². The van der Waals surface area contributed by atoms with Gasteiger partial charge in [0.15, 0.2) is 11.5 Å². The predicted molar refractivity (Wildman–Crippen MR) is 136 cm³/mol. The van der Waals surface area contributed by atoms with Crippen molar-refractivity contribution in [1.29, 1.82) is 0 Å². The Bertz CT molecular complexity index is 984. The van der Waals surface area contributed by atoms with Crippen LogP contribution in [0.25, 0.3) is 0 Å². The van der Waals surface area contributed by atoms with Crippen molar-refractivity contribution in [3.63, 3.8) is 0 Å². The third-order valence-corrected chi connectivity index (χ3v) is 7.05. The summed E-state index contributed by atoms with van der Waals surface area (Å²) in [5, 5.41) is 5.07. The van der Waals surface area contributed by atoms with Gasteiger partial charge in [-0.15, -0.1) is 11.3 Å². The summed E-state index contributed by atoms with van der Waals surface area (Å²) in [4.78, 5) is 31.4. The van der Waals surface area contributed by atoms with E-state index in [0.29, 0.717) is 24.7 Å². The molecule has 1 aliphatic rings. The number of urea groups is 1. The number of carbonyl (C=O) groups is 2. The molecule has 7 nitrogen and oxygen atoms in total. The largest absolute Gasteiger partial charge is 0.493 e. The highest BCUT2D eigenvalue weighted by molar-refractivity contribution is 7.10. The zero-order chi connectivity index (χ0) is 24.9. The van der Waals surface area contributed by atoms with Crippen molar-refractivity contribution in [1.82, 2.24) is 15.1 Å². The van der Waals surface area contributed by atoms with Gasteiger partial charge >= 0.3 is 6.03 Å². The summed E-state index contributed by atoms with van der Waals surface area (Å²) in [7, 11) is 1.61. The minimum absolute atomic E-state index is 0.0293. The topological polar surface area (TPSA) is 71.1 Å². The lowest BCUT2D eigenvalue weighted by Crippen LogP contribution is -2.55. The molecule has 2 atom stereocenters. The Morgan fingerprint density at radius 2 is 1.94 bits per heavy atom. The third-order valence-electron chi connectivity index (χ3n) is 6.05.